The molecule has 1 heterocycles. The third-order valence-electron chi connectivity index (χ3n) is 2.44. The van der Waals surface area contributed by atoms with Gasteiger partial charge in [-0.2, -0.15) is 0 Å². The second-order valence-electron chi connectivity index (χ2n) is 3.90. The minimum absolute atomic E-state index is 0.841. The van der Waals surface area contributed by atoms with Crippen molar-refractivity contribution in [1.29, 1.82) is 0 Å². The van der Waals surface area contributed by atoms with Crippen molar-refractivity contribution in [2.45, 2.75) is 32.6 Å². The summed E-state index contributed by atoms with van der Waals surface area (Å²) in [6, 6.07) is 4.30. The van der Waals surface area contributed by atoms with Crippen molar-refractivity contribution in [3.8, 4) is 0 Å². The van der Waals surface area contributed by atoms with Crippen LogP contribution in [0, 0.1) is 0 Å². The highest BCUT2D eigenvalue weighted by Crippen LogP contribution is 2.07. The van der Waals surface area contributed by atoms with Crippen molar-refractivity contribution in [1.82, 2.24) is 5.32 Å². The van der Waals surface area contributed by atoms with Gasteiger partial charge in [0.05, 0.1) is 6.61 Å². The summed E-state index contributed by atoms with van der Waals surface area (Å²) in [6.07, 6.45) is 4.88. The van der Waals surface area contributed by atoms with Gasteiger partial charge < -0.3 is 10.1 Å². The smallest absolute Gasteiger partial charge is 0.0590 e. The minimum Gasteiger partial charge on any atom is -0.380 e. The summed E-state index contributed by atoms with van der Waals surface area (Å²) in [7, 11) is 0. The first-order chi connectivity index (χ1) is 7.93. The van der Waals surface area contributed by atoms with Crippen molar-refractivity contribution in [2.24, 2.45) is 0 Å². The number of hydrogen-bond donors (Lipinski definition) is 1. The molecule has 2 nitrogen and oxygen atoms in total. The summed E-state index contributed by atoms with van der Waals surface area (Å²) in [4.78, 5) is 1.45. The lowest BCUT2D eigenvalue weighted by Gasteiger charge is -2.05. The summed E-state index contributed by atoms with van der Waals surface area (Å²) in [5.41, 5.74) is 0. The molecule has 92 valence electrons. The Balaban J connectivity index is 1.78. The van der Waals surface area contributed by atoms with E-state index in [4.69, 9.17) is 4.74 Å². The summed E-state index contributed by atoms with van der Waals surface area (Å²) in [6.45, 7) is 6.00. The average molecular weight is 241 g/mol. The molecule has 0 radical (unpaired) electrons. The van der Waals surface area contributed by atoms with Gasteiger partial charge in [0.2, 0.25) is 0 Å². The highest BCUT2D eigenvalue weighted by molar-refractivity contribution is 7.09. The van der Waals surface area contributed by atoms with E-state index in [1.54, 1.807) is 0 Å². The molecule has 0 fully saturated rings. The normalized spacial score (nSPS) is 10.8. The van der Waals surface area contributed by atoms with Crippen molar-refractivity contribution in [2.75, 3.05) is 26.3 Å². The van der Waals surface area contributed by atoms with Crippen LogP contribution in [0.5, 0.6) is 0 Å². The highest BCUT2D eigenvalue weighted by atomic mass is 32.1. The molecule has 1 aromatic heterocycles. The quantitative estimate of drug-likeness (QED) is 0.636. The van der Waals surface area contributed by atoms with Gasteiger partial charge in [-0.05, 0) is 24.3 Å². The van der Waals surface area contributed by atoms with E-state index in [0.29, 0.717) is 0 Å². The molecule has 0 aromatic carbocycles. The number of ether oxygens (including phenoxy) is 1. The molecule has 0 unspecified atom stereocenters. The fraction of sp³-hybridized carbons (Fsp3) is 0.692. The van der Waals surface area contributed by atoms with E-state index < -0.39 is 0 Å². The Morgan fingerprint density at radius 2 is 2.19 bits per heavy atom. The fourth-order valence-corrected chi connectivity index (χ4v) is 2.20. The lowest BCUT2D eigenvalue weighted by molar-refractivity contribution is 0.132. The zero-order valence-electron chi connectivity index (χ0n) is 10.2. The molecule has 0 spiro atoms. The molecular formula is C13H23NOS. The SMILES string of the molecule is CCCCCOCCNCCc1cccs1. The van der Waals surface area contributed by atoms with Crippen LogP contribution in [-0.4, -0.2) is 26.3 Å². The van der Waals surface area contributed by atoms with Crippen LogP contribution >= 0.6 is 11.3 Å². The van der Waals surface area contributed by atoms with E-state index in [-0.39, 0.29) is 0 Å². The van der Waals surface area contributed by atoms with Crippen LogP contribution in [0.15, 0.2) is 17.5 Å². The van der Waals surface area contributed by atoms with Gasteiger partial charge >= 0.3 is 0 Å². The van der Waals surface area contributed by atoms with Gasteiger partial charge in [-0.3, -0.25) is 0 Å². The zero-order chi connectivity index (χ0) is 11.5. The molecule has 0 amide bonds. The van der Waals surface area contributed by atoms with Gasteiger partial charge in [0.1, 0.15) is 0 Å². The lowest BCUT2D eigenvalue weighted by atomic mass is 10.3. The molecule has 0 saturated carbocycles. The monoisotopic (exact) mass is 241 g/mol. The molecule has 0 bridgehead atoms. The summed E-state index contributed by atoms with van der Waals surface area (Å²) < 4.78 is 5.51. The Hall–Kier alpha value is -0.380. The predicted molar refractivity (Wildman–Crippen MR) is 71.2 cm³/mol. The van der Waals surface area contributed by atoms with Crippen LogP contribution in [0.2, 0.25) is 0 Å². The maximum absolute atomic E-state index is 5.51. The molecule has 16 heavy (non-hydrogen) atoms. The van der Waals surface area contributed by atoms with Crippen LogP contribution in [0.1, 0.15) is 31.1 Å². The Morgan fingerprint density at radius 3 is 2.94 bits per heavy atom. The molecule has 0 atom stereocenters. The van der Waals surface area contributed by atoms with Crippen LogP contribution < -0.4 is 5.32 Å². The van der Waals surface area contributed by atoms with Crippen LogP contribution in [0.4, 0.5) is 0 Å². The fourth-order valence-electron chi connectivity index (χ4n) is 1.49. The molecule has 0 aliphatic rings. The summed E-state index contributed by atoms with van der Waals surface area (Å²) in [5.74, 6) is 0. The van der Waals surface area contributed by atoms with Gasteiger partial charge in [-0.25, -0.2) is 0 Å². The van der Waals surface area contributed by atoms with E-state index in [0.717, 1.165) is 32.7 Å². The largest absolute Gasteiger partial charge is 0.380 e. The van der Waals surface area contributed by atoms with E-state index in [2.05, 4.69) is 29.8 Å². The molecule has 0 saturated heterocycles. The van der Waals surface area contributed by atoms with Crippen molar-refractivity contribution < 1.29 is 4.74 Å². The van der Waals surface area contributed by atoms with Gasteiger partial charge in [-0.1, -0.05) is 25.8 Å². The van der Waals surface area contributed by atoms with Crippen LogP contribution in [0.3, 0.4) is 0 Å². The number of rotatable bonds is 10. The Bertz CT molecular complexity index is 236. The predicted octanol–water partition coefficient (Wildman–Crippen LogP) is 3.09. The molecule has 0 aliphatic carbocycles. The summed E-state index contributed by atoms with van der Waals surface area (Å²) in [5, 5.41) is 5.53. The second kappa shape index (κ2) is 9.82. The summed E-state index contributed by atoms with van der Waals surface area (Å²) >= 11 is 1.83. The second-order valence-corrected chi connectivity index (χ2v) is 4.93. The highest BCUT2D eigenvalue weighted by Gasteiger charge is 1.93. The third kappa shape index (κ3) is 6.99. The lowest BCUT2D eigenvalue weighted by Crippen LogP contribution is -2.22. The first-order valence-electron chi connectivity index (χ1n) is 6.24. The standard InChI is InChI=1S/C13H23NOS/c1-2-3-4-10-15-11-9-14-8-7-13-6-5-12-16-13/h5-6,12,14H,2-4,7-11H2,1H3. The molecular weight excluding hydrogens is 218 g/mol. The number of unbranched alkanes of at least 4 members (excludes halogenated alkanes) is 2. The number of thiophene rings is 1. The van der Waals surface area contributed by atoms with Crippen molar-refractivity contribution >= 4 is 11.3 Å². The van der Waals surface area contributed by atoms with Crippen LogP contribution in [-0.2, 0) is 11.2 Å². The first kappa shape index (κ1) is 13.7. The maximum Gasteiger partial charge on any atom is 0.0590 e. The molecule has 3 heteroatoms. The van der Waals surface area contributed by atoms with E-state index >= 15 is 0 Å². The minimum atomic E-state index is 0.841. The molecule has 1 N–H and O–H groups in total. The topological polar surface area (TPSA) is 21.3 Å². The third-order valence-corrected chi connectivity index (χ3v) is 3.38. The Labute approximate surface area is 103 Å². The van der Waals surface area contributed by atoms with E-state index in [1.807, 2.05) is 11.3 Å². The van der Waals surface area contributed by atoms with Gasteiger partial charge in [-0.15, -0.1) is 11.3 Å². The first-order valence-corrected chi connectivity index (χ1v) is 7.12. The van der Waals surface area contributed by atoms with Gasteiger partial charge in [0, 0.05) is 24.6 Å². The van der Waals surface area contributed by atoms with Crippen LogP contribution in [0.25, 0.3) is 0 Å². The molecule has 1 rings (SSSR count). The van der Waals surface area contributed by atoms with Crippen molar-refractivity contribution in [3.63, 3.8) is 0 Å². The molecule has 0 aliphatic heterocycles. The molecule has 1 aromatic rings. The van der Waals surface area contributed by atoms with E-state index in [9.17, 15) is 0 Å². The van der Waals surface area contributed by atoms with Gasteiger partial charge in [0.25, 0.3) is 0 Å². The average Bonchev–Trinajstić information content (AvgIpc) is 2.80. The van der Waals surface area contributed by atoms with E-state index in [1.165, 1.54) is 24.1 Å². The zero-order valence-corrected chi connectivity index (χ0v) is 11.0. The Kier molecular flexibility index (Phi) is 8.40. The number of nitrogens with one attached hydrogen (secondary N) is 1. The maximum atomic E-state index is 5.51. The van der Waals surface area contributed by atoms with Crippen molar-refractivity contribution in [3.05, 3.63) is 22.4 Å². The number of hydrogen-bond acceptors (Lipinski definition) is 3. The Morgan fingerprint density at radius 1 is 1.25 bits per heavy atom. The van der Waals surface area contributed by atoms with Gasteiger partial charge in [0.15, 0.2) is 0 Å².